The Hall–Kier alpha value is -2.92. The van der Waals surface area contributed by atoms with Gasteiger partial charge in [-0.1, -0.05) is 30.3 Å². The SMILES string of the molecule is O=c1oc2cc(OCc3ccccc3)ccc2cc1-c1nccs1. The van der Waals surface area contributed by atoms with Gasteiger partial charge in [0.05, 0.1) is 5.56 Å². The van der Waals surface area contributed by atoms with Crippen LogP contribution in [0.5, 0.6) is 5.75 Å². The van der Waals surface area contributed by atoms with Crippen molar-refractivity contribution < 1.29 is 9.15 Å². The van der Waals surface area contributed by atoms with Crippen molar-refractivity contribution in [3.8, 4) is 16.3 Å². The van der Waals surface area contributed by atoms with Crippen LogP contribution in [-0.4, -0.2) is 4.98 Å². The van der Waals surface area contributed by atoms with Gasteiger partial charge >= 0.3 is 5.63 Å². The van der Waals surface area contributed by atoms with Gasteiger partial charge in [0.1, 0.15) is 22.9 Å². The van der Waals surface area contributed by atoms with E-state index in [4.69, 9.17) is 9.15 Å². The van der Waals surface area contributed by atoms with Gasteiger partial charge in [0.15, 0.2) is 0 Å². The highest BCUT2D eigenvalue weighted by atomic mass is 32.1. The summed E-state index contributed by atoms with van der Waals surface area (Å²) in [7, 11) is 0. The maximum absolute atomic E-state index is 12.2. The summed E-state index contributed by atoms with van der Waals surface area (Å²) in [6, 6.07) is 17.2. The molecule has 0 atom stereocenters. The molecule has 4 rings (SSSR count). The van der Waals surface area contributed by atoms with Crippen LogP contribution in [0.3, 0.4) is 0 Å². The molecule has 24 heavy (non-hydrogen) atoms. The Balaban J connectivity index is 1.64. The number of rotatable bonds is 4. The quantitative estimate of drug-likeness (QED) is 0.515. The van der Waals surface area contributed by atoms with Gasteiger partial charge in [0, 0.05) is 23.0 Å². The van der Waals surface area contributed by atoms with E-state index in [1.165, 1.54) is 11.3 Å². The van der Waals surface area contributed by atoms with Gasteiger partial charge < -0.3 is 9.15 Å². The van der Waals surface area contributed by atoms with Gasteiger partial charge in [-0.15, -0.1) is 11.3 Å². The van der Waals surface area contributed by atoms with E-state index in [1.807, 2.05) is 47.8 Å². The number of ether oxygens (including phenoxy) is 1. The van der Waals surface area contributed by atoms with Crippen LogP contribution in [0.2, 0.25) is 0 Å². The lowest BCUT2D eigenvalue weighted by Crippen LogP contribution is -2.02. The molecule has 0 spiro atoms. The number of thiazole rings is 1. The third-order valence-electron chi connectivity index (χ3n) is 3.62. The molecule has 0 N–H and O–H groups in total. The molecule has 0 aliphatic carbocycles. The van der Waals surface area contributed by atoms with Crippen LogP contribution < -0.4 is 10.4 Å². The Morgan fingerprint density at radius 2 is 1.96 bits per heavy atom. The Morgan fingerprint density at radius 3 is 2.75 bits per heavy atom. The third kappa shape index (κ3) is 2.94. The largest absolute Gasteiger partial charge is 0.489 e. The predicted molar refractivity (Wildman–Crippen MR) is 94.4 cm³/mol. The van der Waals surface area contributed by atoms with E-state index in [1.54, 1.807) is 18.3 Å². The standard InChI is InChI=1S/C19H13NO3S/c21-19-16(18-20-8-9-24-18)10-14-6-7-15(11-17(14)23-19)22-12-13-4-2-1-3-5-13/h1-11H,12H2. The summed E-state index contributed by atoms with van der Waals surface area (Å²) >= 11 is 1.41. The van der Waals surface area contributed by atoms with E-state index in [0.29, 0.717) is 28.5 Å². The van der Waals surface area contributed by atoms with Crippen LogP contribution in [0, 0.1) is 0 Å². The van der Waals surface area contributed by atoms with Crippen molar-refractivity contribution in [1.82, 2.24) is 4.98 Å². The molecular weight excluding hydrogens is 322 g/mol. The molecule has 0 aliphatic rings. The lowest BCUT2D eigenvalue weighted by atomic mass is 10.2. The van der Waals surface area contributed by atoms with Gasteiger partial charge in [-0.2, -0.15) is 0 Å². The molecule has 0 radical (unpaired) electrons. The van der Waals surface area contributed by atoms with E-state index in [-0.39, 0.29) is 0 Å². The molecule has 2 heterocycles. The number of nitrogens with zero attached hydrogens (tertiary/aromatic N) is 1. The van der Waals surface area contributed by atoms with E-state index in [0.717, 1.165) is 10.9 Å². The molecule has 2 aromatic heterocycles. The minimum Gasteiger partial charge on any atom is -0.489 e. The summed E-state index contributed by atoms with van der Waals surface area (Å²) in [6.45, 7) is 0.466. The zero-order valence-electron chi connectivity index (χ0n) is 12.6. The molecule has 0 aliphatic heterocycles. The van der Waals surface area contributed by atoms with Crippen LogP contribution in [0.25, 0.3) is 21.5 Å². The summed E-state index contributed by atoms with van der Waals surface area (Å²) in [5, 5.41) is 3.33. The van der Waals surface area contributed by atoms with Crippen molar-refractivity contribution in [2.45, 2.75) is 6.61 Å². The molecule has 0 fully saturated rings. The predicted octanol–water partition coefficient (Wildman–Crippen LogP) is 4.50. The minimum absolute atomic E-state index is 0.391. The summed E-state index contributed by atoms with van der Waals surface area (Å²) in [5.41, 5.74) is 1.68. The maximum Gasteiger partial charge on any atom is 0.346 e. The smallest absolute Gasteiger partial charge is 0.346 e. The highest BCUT2D eigenvalue weighted by Crippen LogP contribution is 2.25. The first kappa shape index (κ1) is 14.7. The van der Waals surface area contributed by atoms with Gasteiger partial charge in [-0.3, -0.25) is 0 Å². The Kier molecular flexibility index (Phi) is 3.84. The molecular formula is C19H13NO3S. The first-order valence-electron chi connectivity index (χ1n) is 7.44. The van der Waals surface area contributed by atoms with Crippen LogP contribution in [-0.2, 0) is 6.61 Å². The van der Waals surface area contributed by atoms with Gasteiger partial charge in [-0.25, -0.2) is 9.78 Å². The van der Waals surface area contributed by atoms with Gasteiger partial charge in [-0.05, 0) is 23.8 Å². The van der Waals surface area contributed by atoms with Gasteiger partial charge in [0.2, 0.25) is 0 Å². The first-order chi connectivity index (χ1) is 11.8. The number of aromatic nitrogens is 1. The monoisotopic (exact) mass is 335 g/mol. The maximum atomic E-state index is 12.2. The first-order valence-corrected chi connectivity index (χ1v) is 8.32. The zero-order valence-corrected chi connectivity index (χ0v) is 13.5. The van der Waals surface area contributed by atoms with Crippen LogP contribution in [0.15, 0.2) is 75.4 Å². The van der Waals surface area contributed by atoms with Crippen molar-refractivity contribution >= 4 is 22.3 Å². The van der Waals surface area contributed by atoms with Crippen molar-refractivity contribution in [2.75, 3.05) is 0 Å². The van der Waals surface area contributed by atoms with Crippen LogP contribution in [0.4, 0.5) is 0 Å². The molecule has 0 saturated heterocycles. The topological polar surface area (TPSA) is 52.3 Å². The Morgan fingerprint density at radius 1 is 1.08 bits per heavy atom. The lowest BCUT2D eigenvalue weighted by Gasteiger charge is -2.07. The summed E-state index contributed by atoms with van der Waals surface area (Å²) < 4.78 is 11.2. The molecule has 0 saturated carbocycles. The van der Waals surface area contributed by atoms with Crippen LogP contribution in [0.1, 0.15) is 5.56 Å². The molecule has 4 nitrogen and oxygen atoms in total. The van der Waals surface area contributed by atoms with Crippen molar-refractivity contribution in [2.24, 2.45) is 0 Å². The third-order valence-corrected chi connectivity index (χ3v) is 4.42. The second-order valence-corrected chi connectivity index (χ2v) is 6.15. The van der Waals surface area contributed by atoms with Crippen molar-refractivity contribution in [3.05, 3.63) is 82.2 Å². The van der Waals surface area contributed by atoms with E-state index < -0.39 is 5.63 Å². The van der Waals surface area contributed by atoms with Gasteiger partial charge in [0.25, 0.3) is 0 Å². The molecule has 0 amide bonds. The molecule has 5 heteroatoms. The van der Waals surface area contributed by atoms with E-state index in [2.05, 4.69) is 4.98 Å². The summed E-state index contributed by atoms with van der Waals surface area (Å²) in [5.74, 6) is 0.663. The lowest BCUT2D eigenvalue weighted by molar-refractivity contribution is 0.306. The number of fused-ring (bicyclic) bond motifs is 1. The fourth-order valence-corrected chi connectivity index (χ4v) is 3.07. The fourth-order valence-electron chi connectivity index (χ4n) is 2.43. The molecule has 0 bridgehead atoms. The number of hydrogen-bond donors (Lipinski definition) is 0. The highest BCUT2D eigenvalue weighted by Gasteiger charge is 2.10. The average molecular weight is 335 g/mol. The zero-order chi connectivity index (χ0) is 16.4. The summed E-state index contributed by atoms with van der Waals surface area (Å²) in [4.78, 5) is 16.3. The van der Waals surface area contributed by atoms with Crippen molar-refractivity contribution in [1.29, 1.82) is 0 Å². The summed E-state index contributed by atoms with van der Waals surface area (Å²) in [6.07, 6.45) is 1.67. The second kappa shape index (κ2) is 6.29. The number of hydrogen-bond acceptors (Lipinski definition) is 5. The fraction of sp³-hybridized carbons (Fsp3) is 0.0526. The van der Waals surface area contributed by atoms with E-state index >= 15 is 0 Å². The Labute approximate surface area is 142 Å². The van der Waals surface area contributed by atoms with Crippen LogP contribution >= 0.6 is 11.3 Å². The van der Waals surface area contributed by atoms with E-state index in [9.17, 15) is 4.79 Å². The molecule has 2 aromatic carbocycles. The second-order valence-electron chi connectivity index (χ2n) is 5.26. The molecule has 118 valence electrons. The average Bonchev–Trinajstić information content (AvgIpc) is 3.14. The normalized spacial score (nSPS) is 10.8. The minimum atomic E-state index is -0.391. The molecule has 4 aromatic rings. The highest BCUT2D eigenvalue weighted by molar-refractivity contribution is 7.13. The number of benzene rings is 2. The Bertz CT molecular complexity index is 1020. The van der Waals surface area contributed by atoms with Crippen molar-refractivity contribution in [3.63, 3.8) is 0 Å². The molecule has 0 unspecified atom stereocenters.